The third-order valence-corrected chi connectivity index (χ3v) is 3.75. The van der Waals surface area contributed by atoms with E-state index >= 15 is 0 Å². The minimum Gasteiger partial charge on any atom is -0.314 e. The minimum atomic E-state index is -4.53. The fraction of sp³-hybridized carbons (Fsp3) is 0.538. The Kier molecular flexibility index (Phi) is 4.88. The van der Waals surface area contributed by atoms with E-state index in [1.54, 1.807) is 0 Å². The smallest absolute Gasteiger partial charge is 0.314 e. The Morgan fingerprint density at radius 1 is 1.25 bits per heavy atom. The summed E-state index contributed by atoms with van der Waals surface area (Å²) in [6.45, 7) is 1.91. The molecule has 1 heterocycles. The molecule has 1 aliphatic heterocycles. The predicted octanol–water partition coefficient (Wildman–Crippen LogP) is 3.27. The number of piperazine rings is 1. The fourth-order valence-corrected chi connectivity index (χ4v) is 2.58. The first kappa shape index (κ1) is 15.5. The Hall–Kier alpha value is -0.850. The summed E-state index contributed by atoms with van der Waals surface area (Å²) < 4.78 is 51.8. The third-order valence-electron chi connectivity index (χ3n) is 3.42. The second kappa shape index (κ2) is 6.28. The fourth-order valence-electron chi connectivity index (χ4n) is 2.36. The van der Waals surface area contributed by atoms with Crippen LogP contribution in [-0.4, -0.2) is 37.8 Å². The zero-order valence-corrected chi connectivity index (χ0v) is 11.4. The maximum Gasteiger partial charge on any atom is 0.417 e. The molecule has 1 saturated heterocycles. The average Bonchev–Trinajstić information content (AvgIpc) is 2.41. The zero-order chi connectivity index (χ0) is 14.8. The van der Waals surface area contributed by atoms with Gasteiger partial charge in [-0.3, -0.25) is 4.90 Å². The van der Waals surface area contributed by atoms with Crippen LogP contribution in [-0.2, 0) is 6.18 Å². The first-order valence-corrected chi connectivity index (χ1v) is 6.68. The van der Waals surface area contributed by atoms with E-state index in [0.717, 1.165) is 6.07 Å². The van der Waals surface area contributed by atoms with Crippen molar-refractivity contribution in [2.45, 2.75) is 12.2 Å². The highest BCUT2D eigenvalue weighted by atomic mass is 35.5. The molecule has 1 aromatic carbocycles. The first-order valence-electron chi connectivity index (χ1n) is 6.31. The third kappa shape index (κ3) is 3.42. The molecule has 1 atom stereocenters. The lowest BCUT2D eigenvalue weighted by atomic mass is 10.0. The Morgan fingerprint density at radius 2 is 1.90 bits per heavy atom. The summed E-state index contributed by atoms with van der Waals surface area (Å²) in [5.41, 5.74) is -0.601. The number of nitrogens with one attached hydrogen (secondary N) is 1. The molecule has 1 aliphatic rings. The van der Waals surface area contributed by atoms with Gasteiger partial charge in [0.2, 0.25) is 0 Å². The minimum absolute atomic E-state index is 0.311. The van der Waals surface area contributed by atoms with Crippen molar-refractivity contribution < 1.29 is 17.6 Å². The van der Waals surface area contributed by atoms with Gasteiger partial charge < -0.3 is 5.32 Å². The predicted molar refractivity (Wildman–Crippen MR) is 69.6 cm³/mol. The number of hydrogen-bond acceptors (Lipinski definition) is 2. The molecule has 0 unspecified atom stereocenters. The molecule has 112 valence electrons. The maximum atomic E-state index is 13.3. The topological polar surface area (TPSA) is 15.3 Å². The Morgan fingerprint density at radius 3 is 2.45 bits per heavy atom. The van der Waals surface area contributed by atoms with Crippen LogP contribution in [0.5, 0.6) is 0 Å². The molecule has 0 aromatic heterocycles. The quantitative estimate of drug-likeness (QED) is 0.862. The number of alkyl halides is 4. The van der Waals surface area contributed by atoms with E-state index in [1.165, 1.54) is 12.1 Å². The van der Waals surface area contributed by atoms with Gasteiger partial charge in [-0.1, -0.05) is 17.7 Å². The summed E-state index contributed by atoms with van der Waals surface area (Å²) in [6.07, 6.45) is -4.53. The highest BCUT2D eigenvalue weighted by Crippen LogP contribution is 2.37. The molecule has 2 nitrogen and oxygen atoms in total. The van der Waals surface area contributed by atoms with E-state index in [4.69, 9.17) is 11.6 Å². The molecule has 20 heavy (non-hydrogen) atoms. The van der Waals surface area contributed by atoms with Crippen LogP contribution in [0.3, 0.4) is 0 Å². The number of nitrogens with zero attached hydrogens (tertiary/aromatic N) is 1. The first-order chi connectivity index (χ1) is 9.43. The van der Waals surface area contributed by atoms with Gasteiger partial charge in [0.15, 0.2) is 0 Å². The second-order valence-corrected chi connectivity index (χ2v) is 5.10. The van der Waals surface area contributed by atoms with Gasteiger partial charge in [0.05, 0.1) is 16.6 Å². The Balaban J connectivity index is 2.30. The molecule has 0 aliphatic carbocycles. The van der Waals surface area contributed by atoms with Crippen LogP contribution in [0.15, 0.2) is 18.2 Å². The van der Waals surface area contributed by atoms with Crippen LogP contribution >= 0.6 is 11.6 Å². The van der Waals surface area contributed by atoms with Crippen molar-refractivity contribution in [1.82, 2.24) is 10.2 Å². The van der Waals surface area contributed by atoms with Gasteiger partial charge >= 0.3 is 6.18 Å². The molecule has 0 bridgehead atoms. The monoisotopic (exact) mass is 310 g/mol. The summed E-state index contributed by atoms with van der Waals surface area (Å²) in [6, 6.07) is 2.94. The van der Waals surface area contributed by atoms with Crippen LogP contribution in [0, 0.1) is 0 Å². The van der Waals surface area contributed by atoms with Gasteiger partial charge in [0.25, 0.3) is 0 Å². The Labute approximate surface area is 119 Å². The van der Waals surface area contributed by atoms with E-state index < -0.39 is 24.5 Å². The van der Waals surface area contributed by atoms with E-state index in [0.29, 0.717) is 31.7 Å². The number of benzene rings is 1. The highest BCUT2D eigenvalue weighted by Gasteiger charge is 2.34. The summed E-state index contributed by atoms with van der Waals surface area (Å²) in [7, 11) is 0. The number of hydrogen-bond donors (Lipinski definition) is 1. The molecule has 2 rings (SSSR count). The summed E-state index contributed by atoms with van der Waals surface area (Å²) in [4.78, 5) is 1.85. The second-order valence-electron chi connectivity index (χ2n) is 4.69. The molecular weight excluding hydrogens is 296 g/mol. The largest absolute Gasteiger partial charge is 0.417 e. The van der Waals surface area contributed by atoms with Crippen LogP contribution in [0.4, 0.5) is 17.6 Å². The molecule has 0 saturated carbocycles. The van der Waals surface area contributed by atoms with Gasteiger partial charge in [-0.05, 0) is 17.7 Å². The molecular formula is C13H15ClF4N2. The lowest BCUT2D eigenvalue weighted by Crippen LogP contribution is -2.45. The lowest BCUT2D eigenvalue weighted by molar-refractivity contribution is -0.137. The van der Waals surface area contributed by atoms with Crippen molar-refractivity contribution in [2.24, 2.45) is 0 Å². The summed E-state index contributed by atoms with van der Waals surface area (Å²) in [5, 5.41) is 2.76. The van der Waals surface area contributed by atoms with E-state index in [1.807, 2.05) is 4.90 Å². The average molecular weight is 311 g/mol. The van der Waals surface area contributed by atoms with Crippen LogP contribution in [0.1, 0.15) is 17.2 Å². The number of halogens is 5. The SMILES string of the molecule is FC[C@H](c1ccc(Cl)c(C(F)(F)F)c1)N1CCNCC1. The molecule has 1 aromatic rings. The Bertz CT molecular complexity index is 458. The van der Waals surface area contributed by atoms with Gasteiger partial charge in [-0.15, -0.1) is 0 Å². The van der Waals surface area contributed by atoms with Crippen molar-refractivity contribution in [1.29, 1.82) is 0 Å². The summed E-state index contributed by atoms with van der Waals surface area (Å²) >= 11 is 5.58. The molecule has 0 amide bonds. The lowest BCUT2D eigenvalue weighted by Gasteiger charge is -2.34. The van der Waals surface area contributed by atoms with Crippen molar-refractivity contribution in [2.75, 3.05) is 32.9 Å². The van der Waals surface area contributed by atoms with Crippen molar-refractivity contribution >= 4 is 11.6 Å². The highest BCUT2D eigenvalue weighted by molar-refractivity contribution is 6.31. The number of rotatable bonds is 3. The van der Waals surface area contributed by atoms with Crippen LogP contribution in [0.25, 0.3) is 0 Å². The molecule has 1 N–H and O–H groups in total. The van der Waals surface area contributed by atoms with Gasteiger partial charge in [-0.2, -0.15) is 13.2 Å². The van der Waals surface area contributed by atoms with Gasteiger partial charge in [0, 0.05) is 26.2 Å². The molecule has 0 spiro atoms. The molecule has 7 heteroatoms. The normalized spacial score (nSPS) is 19.1. The van der Waals surface area contributed by atoms with Gasteiger partial charge in [-0.25, -0.2) is 4.39 Å². The van der Waals surface area contributed by atoms with Crippen molar-refractivity contribution in [3.05, 3.63) is 34.3 Å². The molecule has 0 radical (unpaired) electrons. The standard InChI is InChI=1S/C13H15ClF4N2/c14-11-2-1-9(7-10(11)13(16,17)18)12(8-15)20-5-3-19-4-6-20/h1-2,7,12,19H,3-6,8H2/t12-/m1/s1. The van der Waals surface area contributed by atoms with Gasteiger partial charge in [0.1, 0.15) is 6.67 Å². The summed E-state index contributed by atoms with van der Waals surface area (Å²) in [5.74, 6) is 0. The van der Waals surface area contributed by atoms with Crippen LogP contribution < -0.4 is 5.32 Å². The van der Waals surface area contributed by atoms with E-state index in [-0.39, 0.29) is 5.02 Å². The van der Waals surface area contributed by atoms with E-state index in [2.05, 4.69) is 5.32 Å². The van der Waals surface area contributed by atoms with Crippen molar-refractivity contribution in [3.8, 4) is 0 Å². The van der Waals surface area contributed by atoms with E-state index in [9.17, 15) is 17.6 Å². The zero-order valence-electron chi connectivity index (χ0n) is 10.7. The maximum absolute atomic E-state index is 13.3. The van der Waals surface area contributed by atoms with Crippen LogP contribution in [0.2, 0.25) is 5.02 Å². The van der Waals surface area contributed by atoms with Crippen molar-refractivity contribution in [3.63, 3.8) is 0 Å². The molecule has 1 fully saturated rings.